The molecule has 2 aliphatic heterocycles. The van der Waals surface area contributed by atoms with E-state index in [0.717, 1.165) is 27.7 Å². The third kappa shape index (κ3) is 15.9. The summed E-state index contributed by atoms with van der Waals surface area (Å²) in [5, 5.41) is 0. The number of ether oxygens (including phenoxy) is 9. The zero-order valence-electron chi connectivity index (χ0n) is 34.5. The minimum atomic E-state index is -3.58. The molecule has 1 unspecified atom stereocenters. The zero-order chi connectivity index (χ0) is 44.4. The number of hydrogen-bond donors (Lipinski definition) is 1. The van der Waals surface area contributed by atoms with Crippen molar-refractivity contribution in [3.8, 4) is 0 Å². The van der Waals surface area contributed by atoms with Gasteiger partial charge in [0.1, 0.15) is 25.4 Å². The van der Waals surface area contributed by atoms with Gasteiger partial charge in [-0.25, -0.2) is 9.59 Å². The predicted octanol–water partition coefficient (Wildman–Crippen LogP) is 1.62. The van der Waals surface area contributed by atoms with Gasteiger partial charge in [0.15, 0.2) is 30.7 Å². The highest BCUT2D eigenvalue weighted by Gasteiger charge is 2.55. The van der Waals surface area contributed by atoms with Gasteiger partial charge in [-0.2, -0.15) is 0 Å². The first-order chi connectivity index (χ1) is 28.6. The number of quaternary nitrogens is 1. The molecule has 2 fully saturated rings. The first-order valence-electron chi connectivity index (χ1n) is 19.3. The molecule has 60 heavy (non-hydrogen) atoms. The second-order valence-electron chi connectivity index (χ2n) is 13.4. The van der Waals surface area contributed by atoms with Crippen molar-refractivity contribution in [3.05, 3.63) is 71.8 Å². The Labute approximate surface area is 348 Å². The molecular weight excluding hydrogens is 813 g/mol. The summed E-state index contributed by atoms with van der Waals surface area (Å²) in [6.07, 6.45) is -14.2. The minimum Gasteiger partial charge on any atom is -0.566 e. The maximum absolute atomic E-state index is 13.1. The van der Waals surface area contributed by atoms with Gasteiger partial charge in [-0.3, -0.25) is 19.2 Å². The lowest BCUT2D eigenvalue weighted by molar-refractivity contribution is -0.894. The molecule has 0 aliphatic carbocycles. The van der Waals surface area contributed by atoms with E-state index in [1.165, 1.54) is 43.9 Å². The molecule has 2 heterocycles. The molecule has 20 heteroatoms. The zero-order valence-corrected chi connectivity index (χ0v) is 35.4. The first-order valence-corrected chi connectivity index (χ1v) is 20.4. The number of nitrogens with one attached hydrogen (secondary N) is 1. The fraction of sp³-hybridized carbons (Fsp3) is 0.550. The molecule has 19 nitrogen and oxygen atoms in total. The van der Waals surface area contributed by atoms with Crippen molar-refractivity contribution in [1.82, 2.24) is 0 Å². The van der Waals surface area contributed by atoms with Gasteiger partial charge in [-0.1, -0.05) is 36.4 Å². The monoisotopic (exact) mass is 866 g/mol. The van der Waals surface area contributed by atoms with Gasteiger partial charge < -0.3 is 52.4 Å². The third-order valence-corrected chi connectivity index (χ3v) is 9.47. The second kappa shape index (κ2) is 25.0. The van der Waals surface area contributed by atoms with Gasteiger partial charge in [0.25, 0.3) is 0 Å². The van der Waals surface area contributed by atoms with Gasteiger partial charge >= 0.3 is 44.1 Å². The Bertz CT molecular complexity index is 1720. The molecule has 1 N–H and O–H groups in total. The number of rotatable bonds is 17. The number of carbonyl (C=O) groups is 6. The first kappa shape index (κ1) is 49.5. The highest BCUT2D eigenvalue weighted by atomic mass is 31.1. The average Bonchev–Trinajstić information content (AvgIpc) is 3.20. The molecular formula is C40H53NO18P+. The maximum atomic E-state index is 13.1. The summed E-state index contributed by atoms with van der Waals surface area (Å²) in [5.74, 6) is -5.05. The van der Waals surface area contributed by atoms with Crippen LogP contribution in [0.1, 0.15) is 75.6 Å². The second-order valence-corrected chi connectivity index (χ2v) is 14.1. The average molecular weight is 867 g/mol. The van der Waals surface area contributed by atoms with Crippen LogP contribution >= 0.6 is 8.25 Å². The van der Waals surface area contributed by atoms with Crippen LogP contribution in [0.25, 0.3) is 0 Å². The van der Waals surface area contributed by atoms with E-state index in [2.05, 4.69) is 20.8 Å². The van der Waals surface area contributed by atoms with E-state index in [1.807, 2.05) is 0 Å². The normalized spacial score (nSPS) is 25.0. The van der Waals surface area contributed by atoms with Gasteiger partial charge in [-0.05, 0) is 49.6 Å². The maximum Gasteiger partial charge on any atom is 0.491 e. The van der Waals surface area contributed by atoms with E-state index in [-0.39, 0.29) is 11.1 Å². The number of carbonyl (C=O) groups excluding carboxylic acids is 6. The molecule has 0 aromatic heterocycles. The molecule has 0 bridgehead atoms. The van der Waals surface area contributed by atoms with Crippen LogP contribution in [0.5, 0.6) is 0 Å². The van der Waals surface area contributed by atoms with Gasteiger partial charge in [0, 0.05) is 34.1 Å². The molecule has 4 rings (SSSR count). The Morgan fingerprint density at radius 1 is 0.617 bits per heavy atom. The molecule has 2 aromatic rings. The largest absolute Gasteiger partial charge is 0.566 e. The smallest absolute Gasteiger partial charge is 0.491 e. The molecule has 0 saturated carbocycles. The lowest BCUT2D eigenvalue weighted by atomic mass is 9.97. The van der Waals surface area contributed by atoms with Crippen LogP contribution < -0.4 is 9.79 Å². The minimum absolute atomic E-state index is 0.105. The SMILES string of the molecule is CC(=O)OC[C@H]1O[C@@H](O[C@H]2C[C@H](OC(=O)c3ccccc3)[C@@H](O[P+](=O)[O-])O[C@@H]2COC(=O)c2ccccc2)[C@H](OC(C)=O)[C@@H](OC(C)=O)[C@H]1OC(C)=O.CC[NH+](CC)CC. The van der Waals surface area contributed by atoms with Gasteiger partial charge in [0.2, 0.25) is 6.29 Å². The van der Waals surface area contributed by atoms with Crippen molar-refractivity contribution in [2.24, 2.45) is 0 Å². The summed E-state index contributed by atoms with van der Waals surface area (Å²) in [6, 6.07) is 15.6. The topological polar surface area (TPSA) is 239 Å². The summed E-state index contributed by atoms with van der Waals surface area (Å²) < 4.78 is 67.5. The Balaban J connectivity index is 0.00000126. The summed E-state index contributed by atoms with van der Waals surface area (Å²) >= 11 is 0. The van der Waals surface area contributed by atoms with Crippen LogP contribution in [-0.4, -0.2) is 124 Å². The summed E-state index contributed by atoms with van der Waals surface area (Å²) in [5.41, 5.74) is 0.277. The Hall–Kier alpha value is -4.88. The number of esters is 6. The molecule has 10 atom stereocenters. The molecule has 2 aliphatic rings. The van der Waals surface area contributed by atoms with E-state index in [4.69, 9.17) is 47.2 Å². The molecule has 0 spiro atoms. The number of benzene rings is 2. The highest BCUT2D eigenvalue weighted by molar-refractivity contribution is 7.30. The molecule has 0 amide bonds. The van der Waals surface area contributed by atoms with Crippen molar-refractivity contribution >= 4 is 44.1 Å². The van der Waals surface area contributed by atoms with Gasteiger partial charge in [0.05, 0.1) is 36.9 Å². The van der Waals surface area contributed by atoms with E-state index in [1.54, 1.807) is 41.3 Å². The summed E-state index contributed by atoms with van der Waals surface area (Å²) in [4.78, 5) is 88.0. The van der Waals surface area contributed by atoms with Crippen molar-refractivity contribution in [2.45, 2.75) is 110 Å². The fourth-order valence-corrected chi connectivity index (χ4v) is 6.58. The van der Waals surface area contributed by atoms with Crippen LogP contribution in [0, 0.1) is 0 Å². The van der Waals surface area contributed by atoms with Crippen LogP contribution in [0.2, 0.25) is 0 Å². The summed E-state index contributed by atoms with van der Waals surface area (Å²) in [6.45, 7) is 13.6. The molecule has 2 aromatic carbocycles. The van der Waals surface area contributed by atoms with E-state index in [9.17, 15) is 38.2 Å². The molecule has 0 radical (unpaired) electrons. The van der Waals surface area contributed by atoms with E-state index >= 15 is 0 Å². The van der Waals surface area contributed by atoms with Crippen LogP contribution in [0.4, 0.5) is 0 Å². The predicted molar refractivity (Wildman–Crippen MR) is 204 cm³/mol. The third-order valence-electron chi connectivity index (χ3n) is 9.09. The quantitative estimate of drug-likeness (QED) is 0.135. The van der Waals surface area contributed by atoms with E-state index in [0.29, 0.717) is 0 Å². The Morgan fingerprint density at radius 3 is 1.58 bits per heavy atom. The van der Waals surface area contributed by atoms with Crippen LogP contribution in [0.15, 0.2) is 60.7 Å². The Morgan fingerprint density at radius 2 is 1.10 bits per heavy atom. The van der Waals surface area contributed by atoms with Crippen molar-refractivity contribution in [3.63, 3.8) is 0 Å². The van der Waals surface area contributed by atoms with Crippen LogP contribution in [-0.2, 0) is 70.9 Å². The number of hydrogen-bond acceptors (Lipinski definition) is 18. The molecule has 2 saturated heterocycles. The lowest BCUT2D eigenvalue weighted by Gasteiger charge is -2.46. The lowest BCUT2D eigenvalue weighted by Crippen LogP contribution is -3.11. The Kier molecular flexibility index (Phi) is 20.6. The van der Waals surface area contributed by atoms with Crippen LogP contribution in [0.3, 0.4) is 0 Å². The van der Waals surface area contributed by atoms with Crippen molar-refractivity contribution < 1.29 is 90.3 Å². The van der Waals surface area contributed by atoms with Gasteiger partial charge in [-0.15, -0.1) is 4.52 Å². The summed E-state index contributed by atoms with van der Waals surface area (Å²) in [7, 11) is -3.58. The molecule has 330 valence electrons. The van der Waals surface area contributed by atoms with Crippen molar-refractivity contribution in [1.29, 1.82) is 0 Å². The highest BCUT2D eigenvalue weighted by Crippen LogP contribution is 2.35. The van der Waals surface area contributed by atoms with E-state index < -0.39 is 119 Å². The fourth-order valence-electron chi connectivity index (χ4n) is 6.23. The standard InChI is InChI=1S/C34H37O18P.C6H15N/c1-18(35)43-17-27-28(45-19(2)36)29(46-20(3)37)30(47-21(4)38)34(51-27)49-24-15-25(48-32(40)23-13-9-6-10-14-23)33(52-53(41)42)50-26(24)16-44-31(39)22-11-7-5-8-12-22;1-4-7(5-2)6-3/h5-14,24-30,33-34H,15-17H2,1-4H3;4-6H2,1-3H3/p+1/t24-,25-,26+,27+,28-,29-,30+,33+,34+;/m0./s1. The van der Waals surface area contributed by atoms with Crippen molar-refractivity contribution in [2.75, 3.05) is 32.8 Å².